The fourth-order valence-electron chi connectivity index (χ4n) is 4.67. The number of allylic oxidation sites excluding steroid dienone is 1. The third kappa shape index (κ3) is 6.09. The molecule has 0 radical (unpaired) electrons. The van der Waals surface area contributed by atoms with Crippen LogP contribution in [-0.2, 0) is 16.1 Å². The third-order valence-corrected chi connectivity index (χ3v) is 8.71. The maximum atomic E-state index is 13.9. The van der Waals surface area contributed by atoms with Crippen LogP contribution in [0.5, 0.6) is 11.5 Å². The molecule has 0 bridgehead atoms. The Bertz CT molecular complexity index is 1860. The molecule has 5 rings (SSSR count). The van der Waals surface area contributed by atoms with Gasteiger partial charge in [0.05, 0.1) is 35.6 Å². The first-order valence-corrected chi connectivity index (χ1v) is 15.2. The van der Waals surface area contributed by atoms with Crippen molar-refractivity contribution in [1.82, 2.24) is 4.57 Å². The Morgan fingerprint density at radius 1 is 1.10 bits per heavy atom. The summed E-state index contributed by atoms with van der Waals surface area (Å²) in [4.78, 5) is 32.2. The van der Waals surface area contributed by atoms with Crippen molar-refractivity contribution >= 4 is 50.9 Å². The second-order valence-corrected chi connectivity index (χ2v) is 12.0. The molecule has 0 amide bonds. The maximum Gasteiger partial charge on any atom is 0.338 e. The number of hydrogen-bond donors (Lipinski definition) is 0. The van der Waals surface area contributed by atoms with Gasteiger partial charge < -0.3 is 14.2 Å². The largest absolute Gasteiger partial charge is 0.493 e. The lowest BCUT2D eigenvalue weighted by atomic mass is 9.95. The summed E-state index contributed by atoms with van der Waals surface area (Å²) in [6.07, 6.45) is 1.79. The monoisotopic (exact) mass is 666 g/mol. The fourth-order valence-corrected chi connectivity index (χ4v) is 6.27. The fraction of sp³-hybridized carbons (Fsp3) is 0.219. The smallest absolute Gasteiger partial charge is 0.338 e. The highest BCUT2D eigenvalue weighted by atomic mass is 79.9. The quantitative estimate of drug-likeness (QED) is 0.212. The van der Waals surface area contributed by atoms with Crippen molar-refractivity contribution in [3.05, 3.63) is 123 Å². The number of benzene rings is 3. The predicted molar refractivity (Wildman–Crippen MR) is 168 cm³/mol. The first-order valence-electron chi connectivity index (χ1n) is 13.2. The number of aromatic nitrogens is 1. The number of thiazole rings is 1. The van der Waals surface area contributed by atoms with E-state index in [9.17, 15) is 9.59 Å². The average Bonchev–Trinajstić information content (AvgIpc) is 3.27. The number of halogens is 2. The van der Waals surface area contributed by atoms with Crippen molar-refractivity contribution in [2.45, 2.75) is 33.4 Å². The molecule has 42 heavy (non-hydrogen) atoms. The normalized spacial score (nSPS) is 14.8. The van der Waals surface area contributed by atoms with Crippen LogP contribution < -0.4 is 24.4 Å². The van der Waals surface area contributed by atoms with Crippen molar-refractivity contribution < 1.29 is 19.0 Å². The van der Waals surface area contributed by atoms with Crippen LogP contribution >= 0.6 is 38.9 Å². The molecular weight excluding hydrogens is 640 g/mol. The van der Waals surface area contributed by atoms with Gasteiger partial charge in [-0.3, -0.25) is 9.36 Å². The second-order valence-electron chi connectivity index (χ2n) is 9.65. The Balaban J connectivity index is 1.57. The molecule has 216 valence electrons. The molecular formula is C32H28BrClN2O5S. The van der Waals surface area contributed by atoms with E-state index in [1.807, 2.05) is 67.6 Å². The summed E-state index contributed by atoms with van der Waals surface area (Å²) in [5.41, 5.74) is 4.18. The number of fused-ring (bicyclic) bond motifs is 1. The van der Waals surface area contributed by atoms with Gasteiger partial charge in [-0.2, -0.15) is 0 Å². The Morgan fingerprint density at radius 3 is 2.48 bits per heavy atom. The number of carbonyl (C=O) groups excluding carboxylic acids is 1. The Kier molecular flexibility index (Phi) is 9.01. The van der Waals surface area contributed by atoms with E-state index in [1.54, 1.807) is 31.6 Å². The number of esters is 1. The van der Waals surface area contributed by atoms with E-state index in [4.69, 9.17) is 25.8 Å². The molecule has 0 spiro atoms. The van der Waals surface area contributed by atoms with Gasteiger partial charge >= 0.3 is 5.97 Å². The van der Waals surface area contributed by atoms with E-state index in [1.165, 1.54) is 11.3 Å². The van der Waals surface area contributed by atoms with Crippen LogP contribution in [0.2, 0.25) is 5.02 Å². The van der Waals surface area contributed by atoms with Gasteiger partial charge in [0.1, 0.15) is 6.61 Å². The summed E-state index contributed by atoms with van der Waals surface area (Å²) in [6.45, 7) is 6.07. The van der Waals surface area contributed by atoms with E-state index in [-0.39, 0.29) is 12.2 Å². The molecule has 7 nitrogen and oxygen atoms in total. The van der Waals surface area contributed by atoms with Crippen molar-refractivity contribution in [2.24, 2.45) is 4.99 Å². The van der Waals surface area contributed by atoms with Crippen LogP contribution in [0.4, 0.5) is 0 Å². The van der Waals surface area contributed by atoms with Crippen LogP contribution in [0, 0.1) is 6.92 Å². The lowest BCUT2D eigenvalue weighted by Crippen LogP contribution is -2.39. The highest BCUT2D eigenvalue weighted by Crippen LogP contribution is 2.35. The number of nitrogens with zero attached hydrogens (tertiary/aromatic N) is 2. The summed E-state index contributed by atoms with van der Waals surface area (Å²) < 4.78 is 19.8. The Morgan fingerprint density at radius 2 is 1.81 bits per heavy atom. The van der Waals surface area contributed by atoms with Crippen LogP contribution in [0.1, 0.15) is 42.1 Å². The molecule has 0 aliphatic carbocycles. The zero-order chi connectivity index (χ0) is 30.0. The molecule has 0 N–H and O–H groups in total. The minimum atomic E-state index is -0.662. The molecule has 1 atom stereocenters. The van der Waals surface area contributed by atoms with Crippen LogP contribution in [-0.4, -0.2) is 24.3 Å². The van der Waals surface area contributed by atoms with Gasteiger partial charge in [0, 0.05) is 9.50 Å². The summed E-state index contributed by atoms with van der Waals surface area (Å²) >= 11 is 10.9. The second kappa shape index (κ2) is 12.7. The molecule has 0 saturated carbocycles. The highest BCUT2D eigenvalue weighted by Gasteiger charge is 2.33. The van der Waals surface area contributed by atoms with E-state index in [0.717, 1.165) is 26.7 Å². The topological polar surface area (TPSA) is 79.1 Å². The van der Waals surface area contributed by atoms with Crippen molar-refractivity contribution in [3.8, 4) is 11.5 Å². The molecule has 4 aromatic rings. The molecule has 3 aromatic carbocycles. The third-order valence-electron chi connectivity index (χ3n) is 6.79. The zero-order valence-electron chi connectivity index (χ0n) is 23.4. The summed E-state index contributed by atoms with van der Waals surface area (Å²) in [5, 5.41) is 0.658. The van der Waals surface area contributed by atoms with E-state index >= 15 is 0 Å². The number of aryl methyl sites for hydroxylation is 1. The average molecular weight is 668 g/mol. The van der Waals surface area contributed by atoms with Gasteiger partial charge in [0.2, 0.25) is 0 Å². The Labute approximate surface area is 260 Å². The first-order chi connectivity index (χ1) is 20.2. The van der Waals surface area contributed by atoms with E-state index in [2.05, 4.69) is 20.9 Å². The van der Waals surface area contributed by atoms with Crippen molar-refractivity contribution in [2.75, 3.05) is 13.7 Å². The maximum absolute atomic E-state index is 13.9. The van der Waals surface area contributed by atoms with Gasteiger partial charge in [-0.05, 0) is 67.8 Å². The number of carbonyl (C=O) groups is 1. The predicted octanol–water partition coefficient (Wildman–Crippen LogP) is 6.11. The molecule has 0 saturated heterocycles. The first kappa shape index (κ1) is 29.8. The van der Waals surface area contributed by atoms with Gasteiger partial charge in [-0.25, -0.2) is 9.79 Å². The number of ether oxygens (including phenoxy) is 3. The molecule has 1 aliphatic rings. The van der Waals surface area contributed by atoms with Gasteiger partial charge in [-0.1, -0.05) is 80.8 Å². The lowest BCUT2D eigenvalue weighted by molar-refractivity contribution is -0.139. The van der Waals surface area contributed by atoms with E-state index < -0.39 is 12.0 Å². The standard InChI is InChI=1S/C32H28BrClN2O5S/c1-5-40-31(38)28-19(3)35-32-36(29(28)21-10-6-18(2)7-11-21)30(37)27(42-32)15-22-14-25(39-4)26(16-24(22)33)41-17-20-8-12-23(34)13-9-20/h6-16,29H,5,17H2,1-4H3/b27-15+/t29-/m0/s1. The minimum Gasteiger partial charge on any atom is -0.493 e. The Hall–Kier alpha value is -3.66. The van der Waals surface area contributed by atoms with Crippen LogP contribution in [0.25, 0.3) is 6.08 Å². The summed E-state index contributed by atoms with van der Waals surface area (Å²) in [7, 11) is 1.57. The van der Waals surface area contributed by atoms with Crippen molar-refractivity contribution in [3.63, 3.8) is 0 Å². The zero-order valence-corrected chi connectivity index (χ0v) is 26.6. The van der Waals surface area contributed by atoms with E-state index in [0.29, 0.717) is 43.7 Å². The number of rotatable bonds is 8. The molecule has 1 aliphatic heterocycles. The molecule has 0 unspecified atom stereocenters. The van der Waals surface area contributed by atoms with Crippen LogP contribution in [0.3, 0.4) is 0 Å². The molecule has 2 heterocycles. The minimum absolute atomic E-state index is 0.218. The van der Waals surface area contributed by atoms with Crippen LogP contribution in [0.15, 0.2) is 86.2 Å². The van der Waals surface area contributed by atoms with Gasteiger partial charge in [0.25, 0.3) is 5.56 Å². The molecule has 0 fully saturated rings. The lowest BCUT2D eigenvalue weighted by Gasteiger charge is -2.24. The van der Waals surface area contributed by atoms with Gasteiger partial charge in [0.15, 0.2) is 16.3 Å². The molecule has 1 aromatic heterocycles. The SMILES string of the molecule is CCOC(=O)C1=C(C)N=c2s/c(=C/c3cc(OC)c(OCc4ccc(Cl)cc4)cc3Br)c(=O)n2[C@H]1c1ccc(C)cc1. The number of methoxy groups -OCH3 is 1. The molecule has 10 heteroatoms. The highest BCUT2D eigenvalue weighted by molar-refractivity contribution is 9.10. The summed E-state index contributed by atoms with van der Waals surface area (Å²) in [5.74, 6) is 0.580. The number of hydrogen-bond acceptors (Lipinski definition) is 7. The van der Waals surface area contributed by atoms with Gasteiger partial charge in [-0.15, -0.1) is 0 Å². The van der Waals surface area contributed by atoms with Crippen molar-refractivity contribution in [1.29, 1.82) is 0 Å². The summed E-state index contributed by atoms with van der Waals surface area (Å²) in [6, 6.07) is 18.2.